The summed E-state index contributed by atoms with van der Waals surface area (Å²) in [6, 6.07) is 17.0. The summed E-state index contributed by atoms with van der Waals surface area (Å²) in [5, 5.41) is 14.9. The van der Waals surface area contributed by atoms with E-state index < -0.39 is 5.91 Å². The van der Waals surface area contributed by atoms with E-state index in [1.165, 1.54) is 6.20 Å². The molecule has 0 atom stereocenters. The Kier molecular flexibility index (Phi) is 5.17. The SMILES string of the molecule is N#C/C(=C/NCc1ccc2c(c1)OCO2)C(=O)NCc1ccccc1. The average molecular weight is 335 g/mol. The van der Waals surface area contributed by atoms with Crippen molar-refractivity contribution in [3.8, 4) is 17.6 Å². The molecule has 1 heterocycles. The van der Waals surface area contributed by atoms with E-state index in [1.54, 1.807) is 0 Å². The number of ether oxygens (including phenoxy) is 2. The molecule has 0 fully saturated rings. The Bertz CT molecular complexity index is 826. The number of rotatable bonds is 6. The molecule has 0 radical (unpaired) electrons. The van der Waals surface area contributed by atoms with E-state index in [4.69, 9.17) is 14.7 Å². The van der Waals surface area contributed by atoms with E-state index >= 15 is 0 Å². The third kappa shape index (κ3) is 4.30. The summed E-state index contributed by atoms with van der Waals surface area (Å²) >= 11 is 0. The quantitative estimate of drug-likeness (QED) is 0.625. The van der Waals surface area contributed by atoms with E-state index in [-0.39, 0.29) is 12.4 Å². The van der Waals surface area contributed by atoms with E-state index in [9.17, 15) is 4.79 Å². The highest BCUT2D eigenvalue weighted by atomic mass is 16.7. The average Bonchev–Trinajstić information content (AvgIpc) is 3.12. The Labute approximate surface area is 145 Å². The van der Waals surface area contributed by atoms with E-state index in [0.29, 0.717) is 18.8 Å². The molecular weight excluding hydrogens is 318 g/mol. The lowest BCUT2D eigenvalue weighted by atomic mass is 10.2. The Morgan fingerprint density at radius 3 is 2.68 bits per heavy atom. The maximum absolute atomic E-state index is 12.1. The van der Waals surface area contributed by atoms with Crippen molar-refractivity contribution in [1.82, 2.24) is 10.6 Å². The van der Waals surface area contributed by atoms with Crippen molar-refractivity contribution in [1.29, 1.82) is 5.26 Å². The second kappa shape index (κ2) is 7.88. The smallest absolute Gasteiger partial charge is 0.263 e. The number of nitriles is 1. The van der Waals surface area contributed by atoms with Gasteiger partial charge in [-0.05, 0) is 23.3 Å². The van der Waals surface area contributed by atoms with Crippen LogP contribution in [0.4, 0.5) is 0 Å². The minimum Gasteiger partial charge on any atom is -0.454 e. The first-order chi connectivity index (χ1) is 12.3. The summed E-state index contributed by atoms with van der Waals surface area (Å²) in [5.74, 6) is 1.01. The van der Waals surface area contributed by atoms with E-state index in [1.807, 2.05) is 54.6 Å². The molecule has 1 aliphatic rings. The molecule has 0 saturated heterocycles. The Hall–Kier alpha value is -3.46. The van der Waals surface area contributed by atoms with Gasteiger partial charge in [0, 0.05) is 19.3 Å². The van der Waals surface area contributed by atoms with E-state index in [2.05, 4.69) is 10.6 Å². The zero-order chi connectivity index (χ0) is 17.5. The molecule has 1 amide bonds. The van der Waals surface area contributed by atoms with Crippen LogP contribution in [0.15, 0.2) is 60.3 Å². The Morgan fingerprint density at radius 2 is 1.88 bits per heavy atom. The van der Waals surface area contributed by atoms with Crippen LogP contribution < -0.4 is 20.1 Å². The molecule has 0 saturated carbocycles. The van der Waals surface area contributed by atoms with Crippen LogP contribution in [0.2, 0.25) is 0 Å². The van der Waals surface area contributed by atoms with Crippen molar-refractivity contribution in [3.05, 3.63) is 71.4 Å². The Morgan fingerprint density at radius 1 is 1.08 bits per heavy atom. The maximum atomic E-state index is 12.1. The van der Waals surface area contributed by atoms with Gasteiger partial charge < -0.3 is 20.1 Å². The number of nitrogens with one attached hydrogen (secondary N) is 2. The van der Waals surface area contributed by atoms with Gasteiger partial charge in [0.1, 0.15) is 11.6 Å². The van der Waals surface area contributed by atoms with Crippen LogP contribution in [0.3, 0.4) is 0 Å². The summed E-state index contributed by atoms with van der Waals surface area (Å²) in [4.78, 5) is 12.1. The minimum absolute atomic E-state index is 0.0247. The molecule has 2 aromatic rings. The molecule has 126 valence electrons. The van der Waals surface area contributed by atoms with Crippen LogP contribution in [0, 0.1) is 11.3 Å². The van der Waals surface area contributed by atoms with Gasteiger partial charge in [0.15, 0.2) is 11.5 Å². The van der Waals surface area contributed by atoms with Crippen molar-refractivity contribution < 1.29 is 14.3 Å². The molecule has 1 aliphatic heterocycles. The van der Waals surface area contributed by atoms with E-state index in [0.717, 1.165) is 16.9 Å². The molecule has 3 rings (SSSR count). The number of hydrogen-bond donors (Lipinski definition) is 2. The second-order valence-electron chi connectivity index (χ2n) is 5.41. The number of carbonyl (C=O) groups is 1. The molecular formula is C19H17N3O3. The van der Waals surface area contributed by atoms with Crippen LogP contribution in [-0.2, 0) is 17.9 Å². The van der Waals surface area contributed by atoms with Gasteiger partial charge in [0.05, 0.1) is 0 Å². The fraction of sp³-hybridized carbons (Fsp3) is 0.158. The number of hydrogen-bond acceptors (Lipinski definition) is 5. The summed E-state index contributed by atoms with van der Waals surface area (Å²) in [6.07, 6.45) is 1.42. The van der Waals surface area contributed by atoms with Crippen LogP contribution in [-0.4, -0.2) is 12.7 Å². The first-order valence-corrected chi connectivity index (χ1v) is 7.80. The normalized spacial score (nSPS) is 12.4. The molecule has 0 bridgehead atoms. The van der Waals surface area contributed by atoms with Gasteiger partial charge >= 0.3 is 0 Å². The van der Waals surface area contributed by atoms with Crippen LogP contribution in [0.1, 0.15) is 11.1 Å². The van der Waals surface area contributed by atoms with Gasteiger partial charge in [-0.25, -0.2) is 0 Å². The molecule has 2 N–H and O–H groups in total. The first-order valence-electron chi connectivity index (χ1n) is 7.80. The Balaban J connectivity index is 1.53. The van der Waals surface area contributed by atoms with Crippen molar-refractivity contribution in [2.75, 3.05) is 6.79 Å². The topological polar surface area (TPSA) is 83.4 Å². The van der Waals surface area contributed by atoms with Gasteiger partial charge in [-0.15, -0.1) is 0 Å². The number of amides is 1. The molecule has 0 aromatic heterocycles. The second-order valence-corrected chi connectivity index (χ2v) is 5.41. The van der Waals surface area contributed by atoms with Crippen LogP contribution in [0.5, 0.6) is 11.5 Å². The molecule has 6 nitrogen and oxygen atoms in total. The van der Waals surface area contributed by atoms with Gasteiger partial charge in [-0.2, -0.15) is 5.26 Å². The van der Waals surface area contributed by atoms with Gasteiger partial charge in [-0.3, -0.25) is 4.79 Å². The lowest BCUT2D eigenvalue weighted by Crippen LogP contribution is -2.25. The predicted octanol–water partition coefficient (Wildman–Crippen LogP) is 2.23. The highest BCUT2D eigenvalue weighted by Crippen LogP contribution is 2.32. The zero-order valence-electron chi connectivity index (χ0n) is 13.5. The number of fused-ring (bicyclic) bond motifs is 1. The summed E-state index contributed by atoms with van der Waals surface area (Å²) in [7, 11) is 0. The number of carbonyl (C=O) groups excluding carboxylic acids is 1. The zero-order valence-corrected chi connectivity index (χ0v) is 13.5. The largest absolute Gasteiger partial charge is 0.454 e. The monoisotopic (exact) mass is 335 g/mol. The summed E-state index contributed by atoms with van der Waals surface area (Å²) < 4.78 is 10.6. The van der Waals surface area contributed by atoms with Crippen LogP contribution >= 0.6 is 0 Å². The molecule has 0 unspecified atom stereocenters. The lowest BCUT2D eigenvalue weighted by Gasteiger charge is -2.06. The molecule has 0 spiro atoms. The highest BCUT2D eigenvalue weighted by Gasteiger charge is 2.13. The molecule has 6 heteroatoms. The van der Waals surface area contributed by atoms with Gasteiger partial charge in [0.2, 0.25) is 6.79 Å². The number of nitrogens with zero attached hydrogens (tertiary/aromatic N) is 1. The molecule has 2 aromatic carbocycles. The van der Waals surface area contributed by atoms with Crippen molar-refractivity contribution in [2.24, 2.45) is 0 Å². The van der Waals surface area contributed by atoms with Crippen molar-refractivity contribution >= 4 is 5.91 Å². The summed E-state index contributed by atoms with van der Waals surface area (Å²) in [6.45, 7) is 1.07. The maximum Gasteiger partial charge on any atom is 0.263 e. The first kappa shape index (κ1) is 16.4. The molecule has 25 heavy (non-hydrogen) atoms. The predicted molar refractivity (Wildman–Crippen MR) is 91.4 cm³/mol. The molecule has 0 aliphatic carbocycles. The lowest BCUT2D eigenvalue weighted by molar-refractivity contribution is -0.117. The van der Waals surface area contributed by atoms with Crippen LogP contribution in [0.25, 0.3) is 0 Å². The third-order valence-electron chi connectivity index (χ3n) is 3.65. The highest BCUT2D eigenvalue weighted by molar-refractivity contribution is 5.97. The van der Waals surface area contributed by atoms with Gasteiger partial charge in [0.25, 0.3) is 5.91 Å². The standard InChI is InChI=1S/C19H17N3O3/c20-9-16(19(23)22-11-14-4-2-1-3-5-14)12-21-10-15-6-7-17-18(8-15)25-13-24-17/h1-8,12,21H,10-11,13H2,(H,22,23)/b16-12-. The van der Waals surface area contributed by atoms with Crippen molar-refractivity contribution in [2.45, 2.75) is 13.1 Å². The van der Waals surface area contributed by atoms with Gasteiger partial charge in [-0.1, -0.05) is 36.4 Å². The van der Waals surface area contributed by atoms with Crippen molar-refractivity contribution in [3.63, 3.8) is 0 Å². The minimum atomic E-state index is -0.412. The fourth-order valence-corrected chi connectivity index (χ4v) is 2.34. The third-order valence-corrected chi connectivity index (χ3v) is 3.65. The summed E-state index contributed by atoms with van der Waals surface area (Å²) in [5.41, 5.74) is 1.96. The fourth-order valence-electron chi connectivity index (χ4n) is 2.34. The number of benzene rings is 2.